The third kappa shape index (κ3) is 2.99. The van der Waals surface area contributed by atoms with Gasteiger partial charge in [0.2, 0.25) is 0 Å². The number of hydrogen-bond donors (Lipinski definition) is 1. The van der Waals surface area contributed by atoms with Crippen molar-refractivity contribution in [2.75, 3.05) is 13.7 Å². The fraction of sp³-hybridized carbons (Fsp3) is 0.625. The lowest BCUT2D eigenvalue weighted by Gasteiger charge is -2.48. The van der Waals surface area contributed by atoms with Crippen LogP contribution in [-0.4, -0.2) is 19.3 Å². The maximum Gasteiger partial charge on any atom is 0.0686 e. The van der Waals surface area contributed by atoms with Crippen molar-refractivity contribution in [3.63, 3.8) is 0 Å². The van der Waals surface area contributed by atoms with Gasteiger partial charge < -0.3 is 10.1 Å². The summed E-state index contributed by atoms with van der Waals surface area (Å²) >= 11 is 7.20. The molecule has 20 heavy (non-hydrogen) atoms. The first-order valence-electron chi connectivity index (χ1n) is 7.39. The number of hydrogen-bond acceptors (Lipinski definition) is 2. The van der Waals surface area contributed by atoms with Crippen molar-refractivity contribution in [3.8, 4) is 0 Å². The summed E-state index contributed by atoms with van der Waals surface area (Å²) in [6, 6.07) is 6.96. The average molecular weight is 403 g/mol. The van der Waals surface area contributed by atoms with E-state index in [1.54, 1.807) is 0 Å². The molecule has 110 valence electrons. The Morgan fingerprint density at radius 2 is 1.95 bits per heavy atom. The SMILES string of the molecule is CNC(c1cc(Br)cc(Br)c1)C1CCOC2(CCC2)C1. The molecule has 2 unspecified atom stereocenters. The van der Waals surface area contributed by atoms with Crippen LogP contribution in [0.3, 0.4) is 0 Å². The topological polar surface area (TPSA) is 21.3 Å². The number of benzene rings is 1. The first-order valence-corrected chi connectivity index (χ1v) is 8.98. The zero-order chi connectivity index (χ0) is 14.2. The van der Waals surface area contributed by atoms with E-state index in [2.05, 4.69) is 62.4 Å². The minimum absolute atomic E-state index is 0.210. The zero-order valence-corrected chi connectivity index (χ0v) is 15.0. The van der Waals surface area contributed by atoms with Gasteiger partial charge in [0.1, 0.15) is 0 Å². The molecular formula is C16H21Br2NO. The lowest BCUT2D eigenvalue weighted by molar-refractivity contribution is -0.147. The third-order valence-electron chi connectivity index (χ3n) is 4.82. The maximum absolute atomic E-state index is 6.06. The number of ether oxygens (including phenoxy) is 1. The monoisotopic (exact) mass is 401 g/mol. The van der Waals surface area contributed by atoms with Crippen LogP contribution in [-0.2, 0) is 4.74 Å². The highest BCUT2D eigenvalue weighted by molar-refractivity contribution is 9.11. The van der Waals surface area contributed by atoms with E-state index < -0.39 is 0 Å². The molecule has 1 spiro atoms. The summed E-state index contributed by atoms with van der Waals surface area (Å²) in [7, 11) is 2.07. The molecule has 1 aromatic carbocycles. The molecule has 2 aliphatic rings. The van der Waals surface area contributed by atoms with Crippen LogP contribution in [0.5, 0.6) is 0 Å². The van der Waals surface area contributed by atoms with E-state index in [1.807, 2.05) is 0 Å². The van der Waals surface area contributed by atoms with E-state index >= 15 is 0 Å². The molecule has 0 amide bonds. The third-order valence-corrected chi connectivity index (χ3v) is 5.74. The molecule has 1 aliphatic heterocycles. The molecule has 1 N–H and O–H groups in total. The highest BCUT2D eigenvalue weighted by Gasteiger charge is 2.44. The molecule has 1 aromatic rings. The largest absolute Gasteiger partial charge is 0.375 e. The van der Waals surface area contributed by atoms with E-state index in [9.17, 15) is 0 Å². The molecule has 1 saturated carbocycles. The van der Waals surface area contributed by atoms with E-state index in [4.69, 9.17) is 4.74 Å². The van der Waals surface area contributed by atoms with Gasteiger partial charge in [-0.2, -0.15) is 0 Å². The van der Waals surface area contributed by atoms with Crippen molar-refractivity contribution >= 4 is 31.9 Å². The van der Waals surface area contributed by atoms with Crippen LogP contribution in [0.15, 0.2) is 27.1 Å². The number of rotatable bonds is 3. The Balaban J connectivity index is 1.81. The molecule has 3 rings (SSSR count). The van der Waals surface area contributed by atoms with Gasteiger partial charge in [-0.25, -0.2) is 0 Å². The van der Waals surface area contributed by atoms with Crippen LogP contribution in [0.2, 0.25) is 0 Å². The van der Waals surface area contributed by atoms with Crippen molar-refractivity contribution in [1.82, 2.24) is 5.32 Å². The Morgan fingerprint density at radius 3 is 2.50 bits per heavy atom. The van der Waals surface area contributed by atoms with Gasteiger partial charge in [-0.15, -0.1) is 0 Å². The minimum Gasteiger partial charge on any atom is -0.375 e. The average Bonchev–Trinajstić information content (AvgIpc) is 2.37. The van der Waals surface area contributed by atoms with E-state index in [1.165, 1.54) is 31.2 Å². The molecule has 0 aromatic heterocycles. The van der Waals surface area contributed by atoms with Crippen molar-refractivity contribution in [1.29, 1.82) is 0 Å². The number of halogens is 2. The lowest BCUT2D eigenvalue weighted by atomic mass is 9.69. The first-order chi connectivity index (χ1) is 9.62. The van der Waals surface area contributed by atoms with Crippen LogP contribution in [0.25, 0.3) is 0 Å². The van der Waals surface area contributed by atoms with Crippen molar-refractivity contribution in [2.24, 2.45) is 5.92 Å². The molecule has 4 heteroatoms. The maximum atomic E-state index is 6.06. The molecular weight excluding hydrogens is 382 g/mol. The first kappa shape index (κ1) is 15.0. The molecule has 1 saturated heterocycles. The van der Waals surface area contributed by atoms with Gasteiger partial charge in [-0.1, -0.05) is 31.9 Å². The van der Waals surface area contributed by atoms with Crippen LogP contribution >= 0.6 is 31.9 Å². The Labute approximate surface area is 137 Å². The molecule has 2 atom stereocenters. The highest BCUT2D eigenvalue weighted by Crippen LogP contribution is 2.47. The summed E-state index contributed by atoms with van der Waals surface area (Å²) < 4.78 is 8.33. The highest BCUT2D eigenvalue weighted by atomic mass is 79.9. The second-order valence-electron chi connectivity index (χ2n) is 6.11. The van der Waals surface area contributed by atoms with Gasteiger partial charge in [0.05, 0.1) is 5.60 Å². The summed E-state index contributed by atoms with van der Waals surface area (Å²) in [4.78, 5) is 0. The van der Waals surface area contributed by atoms with E-state index in [-0.39, 0.29) is 5.60 Å². The quantitative estimate of drug-likeness (QED) is 0.782. The molecule has 2 fully saturated rings. The number of nitrogens with one attached hydrogen (secondary N) is 1. The van der Waals surface area contributed by atoms with Crippen LogP contribution in [0, 0.1) is 5.92 Å². The Kier molecular flexibility index (Phi) is 4.56. The lowest BCUT2D eigenvalue weighted by Crippen LogP contribution is -2.47. The van der Waals surface area contributed by atoms with Crippen molar-refractivity contribution in [2.45, 2.75) is 43.7 Å². The zero-order valence-electron chi connectivity index (χ0n) is 11.8. The van der Waals surface area contributed by atoms with Crippen LogP contribution in [0.4, 0.5) is 0 Å². The van der Waals surface area contributed by atoms with Crippen LogP contribution < -0.4 is 5.32 Å². The summed E-state index contributed by atoms with van der Waals surface area (Å²) in [6.07, 6.45) is 6.18. The molecule has 0 bridgehead atoms. The molecule has 1 aliphatic carbocycles. The molecule has 2 nitrogen and oxygen atoms in total. The van der Waals surface area contributed by atoms with Gasteiger partial charge in [-0.05, 0) is 68.8 Å². The standard InChI is InChI=1S/C16H21Br2NO/c1-19-15(12-7-13(17)9-14(18)8-12)11-3-6-20-16(10-11)4-2-5-16/h7-9,11,15,19H,2-6,10H2,1H3. The second-order valence-corrected chi connectivity index (χ2v) is 7.94. The molecule has 1 heterocycles. The van der Waals surface area contributed by atoms with Gasteiger partial charge >= 0.3 is 0 Å². The van der Waals surface area contributed by atoms with Gasteiger partial charge in [0.25, 0.3) is 0 Å². The van der Waals surface area contributed by atoms with E-state index in [0.717, 1.165) is 22.0 Å². The van der Waals surface area contributed by atoms with Gasteiger partial charge in [-0.3, -0.25) is 0 Å². The van der Waals surface area contributed by atoms with Gasteiger partial charge in [0, 0.05) is 21.6 Å². The van der Waals surface area contributed by atoms with Gasteiger partial charge in [0.15, 0.2) is 0 Å². The summed E-state index contributed by atoms with van der Waals surface area (Å²) in [6.45, 7) is 0.915. The van der Waals surface area contributed by atoms with Crippen molar-refractivity contribution in [3.05, 3.63) is 32.7 Å². The second kappa shape index (κ2) is 6.07. The minimum atomic E-state index is 0.210. The summed E-state index contributed by atoms with van der Waals surface area (Å²) in [5, 5.41) is 3.53. The fourth-order valence-corrected chi connectivity index (χ4v) is 5.03. The Morgan fingerprint density at radius 1 is 1.25 bits per heavy atom. The fourth-order valence-electron chi connectivity index (χ4n) is 3.70. The predicted octanol–water partition coefficient (Wildman–Crippen LogP) is 4.82. The summed E-state index contributed by atoms with van der Waals surface area (Å²) in [5.74, 6) is 0.662. The normalized spacial score (nSPS) is 26.2. The smallest absolute Gasteiger partial charge is 0.0686 e. The van der Waals surface area contributed by atoms with Crippen LogP contribution in [0.1, 0.15) is 43.7 Å². The predicted molar refractivity (Wildman–Crippen MR) is 88.9 cm³/mol. The molecule has 0 radical (unpaired) electrons. The Hall–Kier alpha value is 0.1000. The summed E-state index contributed by atoms with van der Waals surface area (Å²) in [5.41, 5.74) is 1.57. The van der Waals surface area contributed by atoms with E-state index in [0.29, 0.717) is 12.0 Å². The van der Waals surface area contributed by atoms with Crippen molar-refractivity contribution < 1.29 is 4.74 Å². The Bertz CT molecular complexity index is 467.